The number of morpholine rings is 1. The van der Waals surface area contributed by atoms with Crippen molar-refractivity contribution in [3.63, 3.8) is 0 Å². The van der Waals surface area contributed by atoms with Crippen LogP contribution in [0.15, 0.2) is 29.2 Å². The van der Waals surface area contributed by atoms with E-state index < -0.39 is 15.9 Å². The summed E-state index contributed by atoms with van der Waals surface area (Å²) in [5.74, 6) is -0.977. The van der Waals surface area contributed by atoms with E-state index in [9.17, 15) is 18.0 Å². The number of benzene rings is 1. The maximum absolute atomic E-state index is 12.7. The second-order valence-electron chi connectivity index (χ2n) is 7.26. The van der Waals surface area contributed by atoms with Crippen LogP contribution in [0, 0.1) is 5.92 Å². The summed E-state index contributed by atoms with van der Waals surface area (Å²) in [7, 11) is -3.60. The summed E-state index contributed by atoms with van der Waals surface area (Å²) in [6.07, 6.45) is 0.819. The Kier molecular flexibility index (Phi) is 6.32. The van der Waals surface area contributed by atoms with Gasteiger partial charge in [0.1, 0.15) is 5.01 Å². The van der Waals surface area contributed by atoms with Crippen molar-refractivity contribution in [2.24, 2.45) is 5.92 Å². The predicted molar refractivity (Wildman–Crippen MR) is 114 cm³/mol. The third-order valence-corrected chi connectivity index (χ3v) is 8.15. The number of rotatable bonds is 6. The zero-order valence-corrected chi connectivity index (χ0v) is 18.6. The summed E-state index contributed by atoms with van der Waals surface area (Å²) in [5, 5.41) is 11.9. The highest BCUT2D eigenvalue weighted by atomic mass is 32.2. The van der Waals surface area contributed by atoms with E-state index in [-0.39, 0.29) is 29.7 Å². The van der Waals surface area contributed by atoms with Gasteiger partial charge >= 0.3 is 0 Å². The van der Waals surface area contributed by atoms with Crippen LogP contribution < -0.4 is 10.2 Å². The van der Waals surface area contributed by atoms with E-state index in [4.69, 9.17) is 4.74 Å². The molecule has 2 amide bonds. The van der Waals surface area contributed by atoms with E-state index in [1.54, 1.807) is 12.1 Å². The minimum atomic E-state index is -3.60. The van der Waals surface area contributed by atoms with Crippen LogP contribution in [0.2, 0.25) is 0 Å². The molecule has 2 aliphatic heterocycles. The number of nitrogens with one attached hydrogen (secondary N) is 1. The topological polar surface area (TPSA) is 122 Å². The summed E-state index contributed by atoms with van der Waals surface area (Å²) in [6.45, 7) is 3.57. The molecule has 1 aromatic carbocycles. The van der Waals surface area contributed by atoms with Crippen LogP contribution in [0.25, 0.3) is 0 Å². The van der Waals surface area contributed by atoms with Gasteiger partial charge in [0.25, 0.3) is 0 Å². The van der Waals surface area contributed by atoms with Gasteiger partial charge in [0.15, 0.2) is 0 Å². The zero-order chi connectivity index (χ0) is 22.0. The summed E-state index contributed by atoms with van der Waals surface area (Å²) in [6, 6.07) is 6.19. The molecule has 2 fully saturated rings. The Balaban J connectivity index is 1.42. The molecule has 3 heterocycles. The van der Waals surface area contributed by atoms with Crippen molar-refractivity contribution in [1.82, 2.24) is 14.5 Å². The van der Waals surface area contributed by atoms with Gasteiger partial charge in [-0.3, -0.25) is 9.59 Å². The van der Waals surface area contributed by atoms with E-state index in [0.717, 1.165) is 11.4 Å². The molecule has 2 aliphatic rings. The van der Waals surface area contributed by atoms with Gasteiger partial charge in [-0.15, -0.1) is 10.2 Å². The molecular formula is C19H23N5O5S2. The molecule has 1 aromatic heterocycles. The maximum atomic E-state index is 12.7. The molecule has 2 aromatic rings. The van der Waals surface area contributed by atoms with Crippen LogP contribution in [-0.2, 0) is 30.8 Å². The van der Waals surface area contributed by atoms with Gasteiger partial charge in [0.2, 0.25) is 27.0 Å². The molecule has 0 spiro atoms. The molecule has 1 atom stereocenters. The quantitative estimate of drug-likeness (QED) is 0.678. The molecule has 166 valence electrons. The van der Waals surface area contributed by atoms with Crippen molar-refractivity contribution in [2.75, 3.05) is 43.1 Å². The van der Waals surface area contributed by atoms with Gasteiger partial charge < -0.3 is 15.0 Å². The molecule has 0 saturated carbocycles. The third kappa shape index (κ3) is 4.61. The molecule has 12 heteroatoms. The lowest BCUT2D eigenvalue weighted by Gasteiger charge is -2.26. The highest BCUT2D eigenvalue weighted by molar-refractivity contribution is 7.89. The summed E-state index contributed by atoms with van der Waals surface area (Å²) in [4.78, 5) is 26.7. The normalized spacial score (nSPS) is 20.2. The molecule has 0 bridgehead atoms. The Morgan fingerprint density at radius 3 is 2.58 bits per heavy atom. The fourth-order valence-corrected chi connectivity index (χ4v) is 5.61. The number of amides is 2. The molecule has 31 heavy (non-hydrogen) atoms. The Bertz CT molecular complexity index is 1060. The number of hydrogen-bond donors (Lipinski definition) is 1. The molecule has 0 aliphatic carbocycles. The fourth-order valence-electron chi connectivity index (χ4n) is 3.52. The summed E-state index contributed by atoms with van der Waals surface area (Å²) < 4.78 is 32.1. The second kappa shape index (κ2) is 8.99. The van der Waals surface area contributed by atoms with E-state index >= 15 is 0 Å². The number of aryl methyl sites for hydroxylation is 1. The Labute approximate surface area is 184 Å². The second-order valence-corrected chi connectivity index (χ2v) is 10.3. The smallest absolute Gasteiger partial charge is 0.243 e. The number of aromatic nitrogens is 2. The number of carbonyl (C=O) groups is 2. The number of anilines is 2. The van der Waals surface area contributed by atoms with Crippen LogP contribution in [0.1, 0.15) is 18.4 Å². The monoisotopic (exact) mass is 465 g/mol. The molecular weight excluding hydrogens is 442 g/mol. The first-order valence-corrected chi connectivity index (χ1v) is 12.3. The van der Waals surface area contributed by atoms with Gasteiger partial charge in [0.05, 0.1) is 24.0 Å². The lowest BCUT2D eigenvalue weighted by Crippen LogP contribution is -2.40. The number of nitrogens with zero attached hydrogens (tertiary/aromatic N) is 4. The van der Waals surface area contributed by atoms with Crippen LogP contribution in [0.3, 0.4) is 0 Å². The van der Waals surface area contributed by atoms with Gasteiger partial charge in [-0.25, -0.2) is 8.42 Å². The minimum absolute atomic E-state index is 0.0824. The summed E-state index contributed by atoms with van der Waals surface area (Å²) in [5.41, 5.74) is 0.561. The first kappa shape index (κ1) is 21.8. The third-order valence-electron chi connectivity index (χ3n) is 5.25. The Hall–Kier alpha value is -2.41. The standard InChI is InChI=1S/C19H23N5O5S2/c1-2-16-21-22-19(30-16)20-18(26)13-11-17(25)24(12-13)14-3-5-15(6-4-14)31(27,28)23-7-9-29-10-8-23/h3-6,13H,2,7-12H2,1H3,(H,20,22,26). The Morgan fingerprint density at radius 1 is 1.23 bits per heavy atom. The van der Waals surface area contributed by atoms with Crippen molar-refractivity contribution >= 4 is 44.0 Å². The predicted octanol–water partition coefficient (Wildman–Crippen LogP) is 1.11. The first-order chi connectivity index (χ1) is 14.9. The van der Waals surface area contributed by atoms with Crippen LogP contribution >= 0.6 is 11.3 Å². The van der Waals surface area contributed by atoms with Crippen molar-refractivity contribution in [2.45, 2.75) is 24.7 Å². The fraction of sp³-hybridized carbons (Fsp3) is 0.474. The molecule has 0 radical (unpaired) electrons. The lowest BCUT2D eigenvalue weighted by atomic mass is 10.1. The van der Waals surface area contributed by atoms with Crippen molar-refractivity contribution in [3.8, 4) is 0 Å². The van der Waals surface area contributed by atoms with Gasteiger partial charge in [-0.05, 0) is 30.7 Å². The average Bonchev–Trinajstić information content (AvgIpc) is 3.40. The molecule has 2 saturated heterocycles. The number of hydrogen-bond acceptors (Lipinski definition) is 8. The molecule has 10 nitrogen and oxygen atoms in total. The SMILES string of the molecule is CCc1nnc(NC(=O)C2CC(=O)N(c3ccc(S(=O)(=O)N4CCOCC4)cc3)C2)s1. The zero-order valence-electron chi connectivity index (χ0n) is 17.0. The molecule has 1 N–H and O–H groups in total. The maximum Gasteiger partial charge on any atom is 0.243 e. The molecule has 1 unspecified atom stereocenters. The highest BCUT2D eigenvalue weighted by Gasteiger charge is 2.36. The van der Waals surface area contributed by atoms with Gasteiger partial charge in [-0.2, -0.15) is 4.31 Å². The molecule has 4 rings (SSSR count). The van der Waals surface area contributed by atoms with E-state index in [1.165, 1.54) is 32.7 Å². The highest BCUT2D eigenvalue weighted by Crippen LogP contribution is 2.28. The first-order valence-electron chi connectivity index (χ1n) is 10.00. The van der Waals surface area contributed by atoms with Crippen molar-refractivity contribution in [3.05, 3.63) is 29.3 Å². The van der Waals surface area contributed by atoms with Crippen LogP contribution in [0.4, 0.5) is 10.8 Å². The lowest BCUT2D eigenvalue weighted by molar-refractivity contribution is -0.122. The van der Waals surface area contributed by atoms with E-state index in [0.29, 0.717) is 37.1 Å². The Morgan fingerprint density at radius 2 is 1.94 bits per heavy atom. The van der Waals surface area contributed by atoms with Crippen LogP contribution in [-0.4, -0.2) is 67.6 Å². The largest absolute Gasteiger partial charge is 0.379 e. The van der Waals surface area contributed by atoms with Crippen molar-refractivity contribution < 1.29 is 22.7 Å². The average molecular weight is 466 g/mol. The van der Waals surface area contributed by atoms with Crippen LogP contribution in [0.5, 0.6) is 0 Å². The number of sulfonamides is 1. The van der Waals surface area contributed by atoms with E-state index in [1.807, 2.05) is 6.92 Å². The van der Waals surface area contributed by atoms with Crippen molar-refractivity contribution in [1.29, 1.82) is 0 Å². The summed E-state index contributed by atoms with van der Waals surface area (Å²) >= 11 is 1.31. The minimum Gasteiger partial charge on any atom is -0.379 e. The van der Waals surface area contributed by atoms with Gasteiger partial charge in [-0.1, -0.05) is 18.3 Å². The van der Waals surface area contributed by atoms with Gasteiger partial charge in [0, 0.05) is 31.7 Å². The number of ether oxygens (including phenoxy) is 1. The van der Waals surface area contributed by atoms with E-state index in [2.05, 4.69) is 15.5 Å². The number of carbonyl (C=O) groups excluding carboxylic acids is 2.